The molecule has 0 bridgehead atoms. The second kappa shape index (κ2) is 5.28. The van der Waals surface area contributed by atoms with Gasteiger partial charge in [0.05, 0.1) is 11.2 Å². The number of nitrogen functional groups attached to an aromatic ring is 1. The molecule has 2 N–H and O–H groups in total. The smallest absolute Gasteiger partial charge is 0.355 e. The van der Waals surface area contributed by atoms with E-state index in [1.165, 1.54) is 0 Å². The Balaban J connectivity index is 1.74. The molecule has 0 saturated heterocycles. The first kappa shape index (κ1) is 13.2. The number of nitrogens with two attached hydrogens (primary N) is 1. The topological polar surface area (TPSA) is 70.1 Å². The van der Waals surface area contributed by atoms with Gasteiger partial charge in [-0.25, -0.2) is 4.79 Å². The molecular formula is C16H15N3O2. The van der Waals surface area contributed by atoms with Crippen LogP contribution in [0.1, 0.15) is 16.1 Å². The Morgan fingerprint density at radius 3 is 2.95 bits per heavy atom. The van der Waals surface area contributed by atoms with Gasteiger partial charge in [0.25, 0.3) is 0 Å². The highest BCUT2D eigenvalue weighted by Crippen LogP contribution is 2.15. The van der Waals surface area contributed by atoms with E-state index in [0.717, 1.165) is 16.5 Å². The van der Waals surface area contributed by atoms with E-state index in [0.29, 0.717) is 11.4 Å². The van der Waals surface area contributed by atoms with Gasteiger partial charge in [0.2, 0.25) is 0 Å². The fraction of sp³-hybridized carbons (Fsp3) is 0.125. The van der Waals surface area contributed by atoms with Crippen LogP contribution in [0, 0.1) is 0 Å². The molecule has 0 fully saturated rings. The van der Waals surface area contributed by atoms with Crippen LogP contribution in [0.25, 0.3) is 10.9 Å². The van der Waals surface area contributed by atoms with E-state index in [-0.39, 0.29) is 12.6 Å². The molecule has 2 aromatic heterocycles. The van der Waals surface area contributed by atoms with Crippen molar-refractivity contribution in [1.82, 2.24) is 9.55 Å². The molecule has 0 aliphatic carbocycles. The number of carbonyl (C=O) groups is 1. The monoisotopic (exact) mass is 281 g/mol. The molecular weight excluding hydrogens is 266 g/mol. The molecule has 3 aromatic rings. The number of benzene rings is 1. The van der Waals surface area contributed by atoms with Crippen molar-refractivity contribution in [3.63, 3.8) is 0 Å². The number of pyridine rings is 1. The summed E-state index contributed by atoms with van der Waals surface area (Å²) in [6, 6.07) is 11.2. The number of nitrogens with zero attached hydrogens (tertiary/aromatic N) is 2. The van der Waals surface area contributed by atoms with Gasteiger partial charge in [0.15, 0.2) is 0 Å². The molecule has 5 nitrogen and oxygen atoms in total. The molecule has 0 aliphatic rings. The Kier molecular flexibility index (Phi) is 3.31. The molecule has 106 valence electrons. The van der Waals surface area contributed by atoms with Crippen molar-refractivity contribution >= 4 is 22.6 Å². The summed E-state index contributed by atoms with van der Waals surface area (Å²) in [6.45, 7) is 0.217. The quantitative estimate of drug-likeness (QED) is 0.749. The largest absolute Gasteiger partial charge is 0.456 e. The molecule has 21 heavy (non-hydrogen) atoms. The Labute approximate surface area is 122 Å². The molecule has 0 amide bonds. The number of fused-ring (bicyclic) bond motifs is 1. The lowest BCUT2D eigenvalue weighted by Gasteiger charge is -2.06. The van der Waals surface area contributed by atoms with Crippen molar-refractivity contribution in [2.45, 2.75) is 6.61 Å². The molecule has 1 aromatic carbocycles. The number of aryl methyl sites for hydroxylation is 1. The van der Waals surface area contributed by atoms with Crippen molar-refractivity contribution in [3.8, 4) is 0 Å². The molecule has 5 heteroatoms. The van der Waals surface area contributed by atoms with Crippen LogP contribution in [0.2, 0.25) is 0 Å². The standard InChI is InChI=1S/C16H15N3O2/c1-19-9-13(17)8-15(19)16(20)21-10-11-4-5-14-12(7-11)3-2-6-18-14/h2-9H,10,17H2,1H3. The summed E-state index contributed by atoms with van der Waals surface area (Å²) >= 11 is 0. The minimum Gasteiger partial charge on any atom is -0.456 e. The van der Waals surface area contributed by atoms with E-state index >= 15 is 0 Å². The van der Waals surface area contributed by atoms with Crippen LogP contribution < -0.4 is 5.73 Å². The SMILES string of the molecule is Cn1cc(N)cc1C(=O)OCc1ccc2ncccc2c1. The van der Waals surface area contributed by atoms with Crippen LogP contribution >= 0.6 is 0 Å². The van der Waals surface area contributed by atoms with E-state index < -0.39 is 0 Å². The third-order valence-electron chi connectivity index (χ3n) is 3.27. The van der Waals surface area contributed by atoms with Crippen molar-refractivity contribution in [2.75, 3.05) is 5.73 Å². The highest BCUT2D eigenvalue weighted by atomic mass is 16.5. The molecule has 0 spiro atoms. The summed E-state index contributed by atoms with van der Waals surface area (Å²) in [5, 5.41) is 1.02. The third kappa shape index (κ3) is 2.72. The Morgan fingerprint density at radius 1 is 1.33 bits per heavy atom. The molecule has 0 saturated carbocycles. The number of carbonyl (C=O) groups excluding carboxylic acids is 1. The number of ether oxygens (including phenoxy) is 1. The zero-order valence-corrected chi connectivity index (χ0v) is 11.6. The summed E-state index contributed by atoms with van der Waals surface area (Å²) in [5.74, 6) is -0.388. The molecule has 0 radical (unpaired) electrons. The summed E-state index contributed by atoms with van der Waals surface area (Å²) in [4.78, 5) is 16.3. The van der Waals surface area contributed by atoms with Gasteiger partial charge < -0.3 is 15.0 Å². The van der Waals surface area contributed by atoms with E-state index in [4.69, 9.17) is 10.5 Å². The van der Waals surface area contributed by atoms with Gasteiger partial charge in [0, 0.05) is 24.8 Å². The van der Waals surface area contributed by atoms with E-state index in [1.54, 1.807) is 30.1 Å². The van der Waals surface area contributed by atoms with Gasteiger partial charge in [-0.1, -0.05) is 12.1 Å². The van der Waals surface area contributed by atoms with Gasteiger partial charge in [-0.3, -0.25) is 4.98 Å². The minimum atomic E-state index is -0.388. The van der Waals surface area contributed by atoms with E-state index in [1.807, 2.05) is 30.3 Å². The lowest BCUT2D eigenvalue weighted by Crippen LogP contribution is -2.09. The maximum absolute atomic E-state index is 12.0. The van der Waals surface area contributed by atoms with Gasteiger partial charge in [-0.15, -0.1) is 0 Å². The summed E-state index contributed by atoms with van der Waals surface area (Å²) < 4.78 is 6.98. The fourth-order valence-electron chi connectivity index (χ4n) is 2.23. The van der Waals surface area contributed by atoms with Crippen LogP contribution in [0.15, 0.2) is 48.8 Å². The number of aromatic nitrogens is 2. The summed E-state index contributed by atoms with van der Waals surface area (Å²) in [7, 11) is 1.76. The van der Waals surface area contributed by atoms with E-state index in [2.05, 4.69) is 4.98 Å². The second-order valence-corrected chi connectivity index (χ2v) is 4.88. The predicted molar refractivity (Wildman–Crippen MR) is 80.7 cm³/mol. The average molecular weight is 281 g/mol. The van der Waals surface area contributed by atoms with Gasteiger partial charge in [-0.05, 0) is 29.8 Å². The predicted octanol–water partition coefficient (Wildman–Crippen LogP) is 2.51. The maximum Gasteiger partial charge on any atom is 0.355 e. The summed E-state index contributed by atoms with van der Waals surface area (Å²) in [6.07, 6.45) is 3.43. The fourth-order valence-corrected chi connectivity index (χ4v) is 2.23. The average Bonchev–Trinajstić information content (AvgIpc) is 2.83. The molecule has 0 atom stereocenters. The zero-order valence-electron chi connectivity index (χ0n) is 11.6. The van der Waals surface area contributed by atoms with Crippen molar-refractivity contribution < 1.29 is 9.53 Å². The number of hydrogen-bond acceptors (Lipinski definition) is 4. The molecule has 0 unspecified atom stereocenters. The number of hydrogen-bond donors (Lipinski definition) is 1. The van der Waals surface area contributed by atoms with Crippen LogP contribution in [-0.4, -0.2) is 15.5 Å². The zero-order chi connectivity index (χ0) is 14.8. The Morgan fingerprint density at radius 2 is 2.19 bits per heavy atom. The minimum absolute atomic E-state index is 0.217. The van der Waals surface area contributed by atoms with Crippen molar-refractivity contribution in [2.24, 2.45) is 7.05 Å². The number of esters is 1. The van der Waals surface area contributed by atoms with Crippen LogP contribution in [-0.2, 0) is 18.4 Å². The number of rotatable bonds is 3. The number of anilines is 1. The van der Waals surface area contributed by atoms with E-state index in [9.17, 15) is 4.79 Å². The van der Waals surface area contributed by atoms with Gasteiger partial charge in [0.1, 0.15) is 12.3 Å². The first-order chi connectivity index (χ1) is 10.1. The maximum atomic E-state index is 12.0. The normalized spacial score (nSPS) is 10.7. The lowest BCUT2D eigenvalue weighted by atomic mass is 10.1. The van der Waals surface area contributed by atoms with Gasteiger partial charge >= 0.3 is 5.97 Å². The first-order valence-electron chi connectivity index (χ1n) is 6.56. The molecule has 0 aliphatic heterocycles. The van der Waals surface area contributed by atoms with Crippen molar-refractivity contribution in [1.29, 1.82) is 0 Å². The highest BCUT2D eigenvalue weighted by Gasteiger charge is 2.12. The summed E-state index contributed by atoms with van der Waals surface area (Å²) in [5.41, 5.74) is 8.48. The van der Waals surface area contributed by atoms with Crippen molar-refractivity contribution in [3.05, 3.63) is 60.0 Å². The lowest BCUT2D eigenvalue weighted by molar-refractivity contribution is 0.0461. The van der Waals surface area contributed by atoms with Crippen LogP contribution in [0.3, 0.4) is 0 Å². The van der Waals surface area contributed by atoms with Crippen LogP contribution in [0.5, 0.6) is 0 Å². The third-order valence-corrected chi connectivity index (χ3v) is 3.27. The Bertz CT molecular complexity index is 808. The second-order valence-electron chi connectivity index (χ2n) is 4.88. The van der Waals surface area contributed by atoms with Gasteiger partial charge in [-0.2, -0.15) is 0 Å². The molecule has 2 heterocycles. The Hall–Kier alpha value is -2.82. The van der Waals surface area contributed by atoms with Crippen LogP contribution in [0.4, 0.5) is 5.69 Å². The molecule has 3 rings (SSSR count). The first-order valence-corrected chi connectivity index (χ1v) is 6.56. The highest BCUT2D eigenvalue weighted by molar-refractivity contribution is 5.89.